The van der Waals surface area contributed by atoms with E-state index in [1.54, 1.807) is 0 Å². The number of nitrogens with zero attached hydrogens (tertiary/aromatic N) is 2. The Morgan fingerprint density at radius 1 is 0.952 bits per heavy atom. The van der Waals surface area contributed by atoms with E-state index < -0.39 is 5.97 Å². The van der Waals surface area contributed by atoms with Crippen LogP contribution >= 0.6 is 0 Å². The molecule has 104 valence electrons. The first kappa shape index (κ1) is 13.1. The summed E-state index contributed by atoms with van der Waals surface area (Å²) in [5, 5.41) is 12.4. The molecule has 0 amide bonds. The smallest absolute Gasteiger partial charge is 0.377 e. The predicted molar refractivity (Wildman–Crippen MR) is 75.1 cm³/mol. The molecule has 3 rings (SSSR count). The highest BCUT2D eigenvalue weighted by atomic mass is 16.5. The van der Waals surface area contributed by atoms with E-state index in [2.05, 4.69) is 10.1 Å². The van der Waals surface area contributed by atoms with Crippen LogP contribution in [0.2, 0.25) is 0 Å². The zero-order valence-corrected chi connectivity index (χ0v) is 11.0. The number of rotatable bonds is 4. The number of aromatic carboxylic acids is 1. The molecule has 0 aliphatic carbocycles. The van der Waals surface area contributed by atoms with Crippen molar-refractivity contribution in [3.05, 3.63) is 83.5 Å². The van der Waals surface area contributed by atoms with Crippen LogP contribution in [0.5, 0.6) is 0 Å². The molecule has 3 aromatic rings. The molecule has 5 heteroatoms. The Bertz CT molecular complexity index is 699. The first-order valence-electron chi connectivity index (χ1n) is 6.42. The van der Waals surface area contributed by atoms with Crippen molar-refractivity contribution in [1.29, 1.82) is 0 Å². The summed E-state index contributed by atoms with van der Waals surface area (Å²) in [5.74, 6) is -1.55. The molecule has 0 unspecified atom stereocenters. The van der Waals surface area contributed by atoms with Gasteiger partial charge in [0.05, 0.1) is 5.92 Å². The maximum absolute atomic E-state index is 10.9. The molecule has 21 heavy (non-hydrogen) atoms. The number of carboxylic acids is 1. The van der Waals surface area contributed by atoms with E-state index in [0.717, 1.165) is 11.1 Å². The van der Waals surface area contributed by atoms with Crippen LogP contribution in [-0.2, 0) is 0 Å². The fourth-order valence-electron chi connectivity index (χ4n) is 2.21. The molecule has 1 aromatic heterocycles. The molecule has 5 nitrogen and oxygen atoms in total. The van der Waals surface area contributed by atoms with E-state index in [1.165, 1.54) is 0 Å². The number of carbonyl (C=O) groups is 1. The molecule has 0 aliphatic rings. The van der Waals surface area contributed by atoms with Crippen molar-refractivity contribution in [3.63, 3.8) is 0 Å². The van der Waals surface area contributed by atoms with E-state index in [4.69, 9.17) is 9.63 Å². The predicted octanol–water partition coefficient (Wildman–Crippen LogP) is 2.95. The number of hydrogen-bond donors (Lipinski definition) is 1. The number of aromatic nitrogens is 2. The van der Waals surface area contributed by atoms with Gasteiger partial charge in [-0.2, -0.15) is 4.98 Å². The van der Waals surface area contributed by atoms with Crippen LogP contribution in [0.1, 0.15) is 33.6 Å². The Balaban J connectivity index is 2.10. The maximum atomic E-state index is 10.9. The molecule has 2 aromatic carbocycles. The summed E-state index contributed by atoms with van der Waals surface area (Å²) in [5.41, 5.74) is 1.92. The highest BCUT2D eigenvalue weighted by molar-refractivity contribution is 5.82. The third-order valence-corrected chi connectivity index (χ3v) is 3.15. The van der Waals surface area contributed by atoms with Gasteiger partial charge in [0, 0.05) is 0 Å². The Morgan fingerprint density at radius 3 is 1.90 bits per heavy atom. The number of benzene rings is 2. The molecule has 1 heterocycles. The summed E-state index contributed by atoms with van der Waals surface area (Å²) >= 11 is 0. The van der Waals surface area contributed by atoms with Gasteiger partial charge in [-0.05, 0) is 16.3 Å². The summed E-state index contributed by atoms with van der Waals surface area (Å²) in [6.07, 6.45) is 0. The van der Waals surface area contributed by atoms with E-state index in [1.807, 2.05) is 60.7 Å². The van der Waals surface area contributed by atoms with Crippen LogP contribution in [-0.4, -0.2) is 21.2 Å². The summed E-state index contributed by atoms with van der Waals surface area (Å²) < 4.78 is 5.15. The lowest BCUT2D eigenvalue weighted by Gasteiger charge is -2.13. The van der Waals surface area contributed by atoms with Crippen LogP contribution in [0.25, 0.3) is 0 Å². The average molecular weight is 280 g/mol. The fourth-order valence-corrected chi connectivity index (χ4v) is 2.21. The second-order valence-corrected chi connectivity index (χ2v) is 4.52. The van der Waals surface area contributed by atoms with E-state index in [9.17, 15) is 4.79 Å². The molecule has 0 spiro atoms. The highest BCUT2D eigenvalue weighted by Crippen LogP contribution is 2.30. The topological polar surface area (TPSA) is 76.2 Å². The van der Waals surface area contributed by atoms with Crippen LogP contribution in [0.15, 0.2) is 65.2 Å². The third-order valence-electron chi connectivity index (χ3n) is 3.15. The molecule has 0 radical (unpaired) electrons. The Labute approximate surface area is 120 Å². The molecule has 0 bridgehead atoms. The van der Waals surface area contributed by atoms with Gasteiger partial charge < -0.3 is 9.63 Å². The van der Waals surface area contributed by atoms with Gasteiger partial charge in [-0.25, -0.2) is 4.79 Å². The number of carboxylic acid groups (broad SMARTS) is 1. The fraction of sp³-hybridized carbons (Fsp3) is 0.0625. The molecular formula is C16H12N2O3. The van der Waals surface area contributed by atoms with Crippen molar-refractivity contribution in [2.75, 3.05) is 0 Å². The minimum Gasteiger partial charge on any atom is -0.475 e. The van der Waals surface area contributed by atoms with Crippen molar-refractivity contribution in [1.82, 2.24) is 10.1 Å². The second kappa shape index (κ2) is 5.58. The zero-order valence-electron chi connectivity index (χ0n) is 11.0. The lowest BCUT2D eigenvalue weighted by molar-refractivity contribution is 0.0680. The van der Waals surface area contributed by atoms with Crippen LogP contribution in [0.4, 0.5) is 0 Å². The standard InChI is InChI=1S/C16H12N2O3/c19-16(20)14-17-15(21-18-14)13(11-7-3-1-4-8-11)12-9-5-2-6-10-12/h1-10,13H,(H,19,20). The molecule has 1 N–H and O–H groups in total. The van der Waals surface area contributed by atoms with Gasteiger partial charge >= 0.3 is 5.97 Å². The molecule has 0 atom stereocenters. The monoisotopic (exact) mass is 280 g/mol. The van der Waals surface area contributed by atoms with Gasteiger partial charge in [-0.1, -0.05) is 60.7 Å². The molecule has 0 saturated heterocycles. The molecule has 0 fully saturated rings. The lowest BCUT2D eigenvalue weighted by Crippen LogP contribution is -2.05. The quantitative estimate of drug-likeness (QED) is 0.795. The van der Waals surface area contributed by atoms with Crippen molar-refractivity contribution < 1.29 is 14.4 Å². The first-order valence-corrected chi connectivity index (χ1v) is 6.42. The minimum atomic E-state index is -1.20. The Kier molecular flexibility index (Phi) is 3.47. The van der Waals surface area contributed by atoms with Crippen molar-refractivity contribution in [2.45, 2.75) is 5.92 Å². The Morgan fingerprint density at radius 2 is 1.48 bits per heavy atom. The van der Waals surface area contributed by atoms with E-state index >= 15 is 0 Å². The normalized spacial score (nSPS) is 10.7. The van der Waals surface area contributed by atoms with Crippen molar-refractivity contribution >= 4 is 5.97 Å². The lowest BCUT2D eigenvalue weighted by atomic mass is 9.91. The zero-order chi connectivity index (χ0) is 14.7. The highest BCUT2D eigenvalue weighted by Gasteiger charge is 2.24. The van der Waals surface area contributed by atoms with Gasteiger partial charge in [0.1, 0.15) is 0 Å². The van der Waals surface area contributed by atoms with Crippen LogP contribution in [0.3, 0.4) is 0 Å². The third kappa shape index (κ3) is 2.67. The van der Waals surface area contributed by atoms with Crippen LogP contribution < -0.4 is 0 Å². The maximum Gasteiger partial charge on any atom is 0.377 e. The molecular weight excluding hydrogens is 268 g/mol. The van der Waals surface area contributed by atoms with Gasteiger partial charge in [0.2, 0.25) is 5.89 Å². The van der Waals surface area contributed by atoms with Gasteiger partial charge in [-0.3, -0.25) is 0 Å². The van der Waals surface area contributed by atoms with Gasteiger partial charge in [0.25, 0.3) is 5.82 Å². The van der Waals surface area contributed by atoms with Crippen molar-refractivity contribution in [3.8, 4) is 0 Å². The summed E-state index contributed by atoms with van der Waals surface area (Å²) in [6.45, 7) is 0. The van der Waals surface area contributed by atoms with E-state index in [0.29, 0.717) is 0 Å². The Hall–Kier alpha value is -2.95. The summed E-state index contributed by atoms with van der Waals surface area (Å²) in [6, 6.07) is 19.3. The van der Waals surface area contributed by atoms with Crippen molar-refractivity contribution in [2.24, 2.45) is 0 Å². The number of hydrogen-bond acceptors (Lipinski definition) is 4. The summed E-state index contributed by atoms with van der Waals surface area (Å²) in [7, 11) is 0. The molecule has 0 saturated carbocycles. The largest absolute Gasteiger partial charge is 0.475 e. The second-order valence-electron chi connectivity index (χ2n) is 4.52. The summed E-state index contributed by atoms with van der Waals surface area (Å²) in [4.78, 5) is 14.9. The van der Waals surface area contributed by atoms with E-state index in [-0.39, 0.29) is 17.6 Å². The molecule has 0 aliphatic heterocycles. The van der Waals surface area contributed by atoms with Crippen LogP contribution in [0, 0.1) is 0 Å². The average Bonchev–Trinajstić information content (AvgIpc) is 3.00. The van der Waals surface area contributed by atoms with Gasteiger partial charge in [-0.15, -0.1) is 0 Å². The first-order chi connectivity index (χ1) is 10.3. The SMILES string of the molecule is O=C(O)c1noc(C(c2ccccc2)c2ccccc2)n1. The minimum absolute atomic E-state index is 0.268. The van der Waals surface area contributed by atoms with Gasteiger partial charge in [0.15, 0.2) is 0 Å².